The first-order valence-corrected chi connectivity index (χ1v) is 5.66. The van der Waals surface area contributed by atoms with Gasteiger partial charge in [-0.15, -0.1) is 12.4 Å². The number of hydrogen-bond donors (Lipinski definition) is 2. The number of nitriles is 1. The molecule has 1 atom stereocenters. The molecular formula is C12H15ClN4O. The highest BCUT2D eigenvalue weighted by atomic mass is 35.5. The van der Waals surface area contributed by atoms with Gasteiger partial charge < -0.3 is 10.6 Å². The van der Waals surface area contributed by atoms with E-state index in [1.807, 2.05) is 6.07 Å². The van der Waals surface area contributed by atoms with Crippen LogP contribution in [0, 0.1) is 11.3 Å². The molecule has 1 amide bonds. The van der Waals surface area contributed by atoms with E-state index in [2.05, 4.69) is 15.6 Å². The second-order valence-electron chi connectivity index (χ2n) is 4.03. The molecule has 0 bridgehead atoms. The highest BCUT2D eigenvalue weighted by Gasteiger charge is 2.21. The van der Waals surface area contributed by atoms with Gasteiger partial charge in [0.25, 0.3) is 0 Å². The Bertz CT molecular complexity index is 434. The third kappa shape index (κ3) is 3.69. The van der Waals surface area contributed by atoms with E-state index in [9.17, 15) is 4.79 Å². The molecule has 0 aromatic carbocycles. The molecule has 6 heteroatoms. The molecule has 1 fully saturated rings. The van der Waals surface area contributed by atoms with E-state index >= 15 is 0 Å². The lowest BCUT2D eigenvalue weighted by atomic mass is 10.2. The van der Waals surface area contributed by atoms with Crippen molar-refractivity contribution >= 4 is 18.3 Å². The SMILES string of the molecule is Cl.N#Cc1ccc(CNC(=O)[C@@H]2CCCN2)cn1. The van der Waals surface area contributed by atoms with Crippen LogP contribution < -0.4 is 10.6 Å². The first kappa shape index (κ1) is 14.4. The molecule has 1 aliphatic heterocycles. The van der Waals surface area contributed by atoms with E-state index in [1.54, 1.807) is 18.3 Å². The molecule has 18 heavy (non-hydrogen) atoms. The van der Waals surface area contributed by atoms with Gasteiger partial charge in [0, 0.05) is 12.7 Å². The van der Waals surface area contributed by atoms with E-state index < -0.39 is 0 Å². The Morgan fingerprint density at radius 3 is 3.00 bits per heavy atom. The minimum Gasteiger partial charge on any atom is -0.351 e. The van der Waals surface area contributed by atoms with Crippen molar-refractivity contribution in [2.75, 3.05) is 6.54 Å². The van der Waals surface area contributed by atoms with Gasteiger partial charge in [0.1, 0.15) is 11.8 Å². The number of amides is 1. The number of carbonyl (C=O) groups excluding carboxylic acids is 1. The molecule has 0 unspecified atom stereocenters. The zero-order valence-electron chi connectivity index (χ0n) is 9.85. The van der Waals surface area contributed by atoms with E-state index in [0.29, 0.717) is 12.2 Å². The van der Waals surface area contributed by atoms with E-state index in [4.69, 9.17) is 5.26 Å². The summed E-state index contributed by atoms with van der Waals surface area (Å²) in [6.45, 7) is 1.37. The van der Waals surface area contributed by atoms with E-state index in [0.717, 1.165) is 24.9 Å². The largest absolute Gasteiger partial charge is 0.351 e. The quantitative estimate of drug-likeness (QED) is 0.846. The molecule has 96 valence electrons. The maximum Gasteiger partial charge on any atom is 0.237 e. The summed E-state index contributed by atoms with van der Waals surface area (Å²) in [6, 6.07) is 5.35. The minimum absolute atomic E-state index is 0. The van der Waals surface area contributed by atoms with Gasteiger partial charge in [0.2, 0.25) is 5.91 Å². The van der Waals surface area contributed by atoms with Gasteiger partial charge in [-0.1, -0.05) is 6.07 Å². The maximum absolute atomic E-state index is 11.7. The van der Waals surface area contributed by atoms with Crippen molar-refractivity contribution in [1.29, 1.82) is 5.26 Å². The van der Waals surface area contributed by atoms with Gasteiger partial charge in [-0.05, 0) is 31.0 Å². The number of hydrogen-bond acceptors (Lipinski definition) is 4. The Morgan fingerprint density at radius 2 is 2.44 bits per heavy atom. The van der Waals surface area contributed by atoms with Crippen molar-refractivity contribution in [3.8, 4) is 6.07 Å². The maximum atomic E-state index is 11.7. The Labute approximate surface area is 112 Å². The van der Waals surface area contributed by atoms with Crippen LogP contribution in [0.5, 0.6) is 0 Å². The number of aromatic nitrogens is 1. The van der Waals surface area contributed by atoms with Gasteiger partial charge in [-0.3, -0.25) is 4.79 Å². The molecule has 2 rings (SSSR count). The summed E-state index contributed by atoms with van der Waals surface area (Å²) in [7, 11) is 0. The Hall–Kier alpha value is -1.64. The molecule has 0 aliphatic carbocycles. The molecule has 1 aromatic heterocycles. The van der Waals surface area contributed by atoms with Crippen LogP contribution in [0.4, 0.5) is 0 Å². The van der Waals surface area contributed by atoms with E-state index in [1.165, 1.54) is 0 Å². The number of nitrogens with one attached hydrogen (secondary N) is 2. The smallest absolute Gasteiger partial charge is 0.237 e. The van der Waals surface area contributed by atoms with Crippen LogP contribution in [-0.4, -0.2) is 23.5 Å². The average molecular weight is 267 g/mol. The highest BCUT2D eigenvalue weighted by Crippen LogP contribution is 2.05. The molecule has 2 N–H and O–H groups in total. The van der Waals surface area contributed by atoms with Crippen LogP contribution in [0.15, 0.2) is 18.3 Å². The summed E-state index contributed by atoms with van der Waals surface area (Å²) in [5, 5.41) is 14.6. The molecule has 1 aliphatic rings. The molecule has 0 radical (unpaired) electrons. The fourth-order valence-corrected chi connectivity index (χ4v) is 1.82. The molecule has 5 nitrogen and oxygen atoms in total. The zero-order valence-corrected chi connectivity index (χ0v) is 10.7. The van der Waals surface area contributed by atoms with Crippen LogP contribution in [0.2, 0.25) is 0 Å². The molecule has 0 spiro atoms. The summed E-state index contributed by atoms with van der Waals surface area (Å²) in [4.78, 5) is 15.6. The second-order valence-corrected chi connectivity index (χ2v) is 4.03. The summed E-state index contributed by atoms with van der Waals surface area (Å²) in [5.41, 5.74) is 1.29. The number of carbonyl (C=O) groups is 1. The van der Waals surface area contributed by atoms with Crippen molar-refractivity contribution in [1.82, 2.24) is 15.6 Å². The fourth-order valence-electron chi connectivity index (χ4n) is 1.82. The van der Waals surface area contributed by atoms with Crippen molar-refractivity contribution in [3.63, 3.8) is 0 Å². The standard InChI is InChI=1S/C12H14N4O.ClH/c13-6-10-4-3-9(7-15-10)8-16-12(17)11-2-1-5-14-11;/h3-4,7,11,14H,1-2,5,8H2,(H,16,17);1H/t11-;/m0./s1. The normalized spacial score (nSPS) is 17.6. The first-order valence-electron chi connectivity index (χ1n) is 5.66. The van der Waals surface area contributed by atoms with Gasteiger partial charge in [0.15, 0.2) is 0 Å². The zero-order chi connectivity index (χ0) is 12.1. The van der Waals surface area contributed by atoms with Gasteiger partial charge in [-0.25, -0.2) is 4.98 Å². The lowest BCUT2D eigenvalue weighted by molar-refractivity contribution is -0.122. The molecular weight excluding hydrogens is 252 g/mol. The van der Waals surface area contributed by atoms with Crippen LogP contribution in [-0.2, 0) is 11.3 Å². The first-order chi connectivity index (χ1) is 8.29. The predicted molar refractivity (Wildman–Crippen MR) is 69.1 cm³/mol. The lowest BCUT2D eigenvalue weighted by Gasteiger charge is -2.10. The summed E-state index contributed by atoms with van der Waals surface area (Å²) in [6.07, 6.45) is 3.56. The van der Waals surface area contributed by atoms with Gasteiger partial charge in [-0.2, -0.15) is 5.26 Å². The predicted octanol–water partition coefficient (Wildman–Crippen LogP) is 0.743. The topological polar surface area (TPSA) is 77.8 Å². The molecule has 2 heterocycles. The number of halogens is 1. The Balaban J connectivity index is 0.00000162. The third-order valence-electron chi connectivity index (χ3n) is 2.78. The third-order valence-corrected chi connectivity index (χ3v) is 2.78. The average Bonchev–Trinajstić information content (AvgIpc) is 2.90. The van der Waals surface area contributed by atoms with Crippen molar-refractivity contribution < 1.29 is 4.79 Å². The summed E-state index contributed by atoms with van der Waals surface area (Å²) < 4.78 is 0. The highest BCUT2D eigenvalue weighted by molar-refractivity contribution is 5.85. The minimum atomic E-state index is -0.0543. The molecule has 1 aromatic rings. The number of pyridine rings is 1. The van der Waals surface area contributed by atoms with Crippen LogP contribution in [0.3, 0.4) is 0 Å². The van der Waals surface area contributed by atoms with E-state index in [-0.39, 0.29) is 24.4 Å². The van der Waals surface area contributed by atoms with Crippen molar-refractivity contribution in [2.24, 2.45) is 0 Å². The fraction of sp³-hybridized carbons (Fsp3) is 0.417. The monoisotopic (exact) mass is 266 g/mol. The Kier molecular flexibility index (Phi) is 5.56. The summed E-state index contributed by atoms with van der Waals surface area (Å²) in [5.74, 6) is 0.0341. The van der Waals surface area contributed by atoms with Crippen molar-refractivity contribution in [3.05, 3.63) is 29.6 Å². The van der Waals surface area contributed by atoms with Crippen LogP contribution >= 0.6 is 12.4 Å². The summed E-state index contributed by atoms with van der Waals surface area (Å²) >= 11 is 0. The number of rotatable bonds is 3. The van der Waals surface area contributed by atoms with Crippen LogP contribution in [0.1, 0.15) is 24.1 Å². The number of nitrogens with zero attached hydrogens (tertiary/aromatic N) is 2. The Morgan fingerprint density at radius 1 is 1.61 bits per heavy atom. The van der Waals surface area contributed by atoms with Crippen LogP contribution in [0.25, 0.3) is 0 Å². The second kappa shape index (κ2) is 6.94. The van der Waals surface area contributed by atoms with Gasteiger partial charge in [0.05, 0.1) is 6.04 Å². The van der Waals surface area contributed by atoms with Gasteiger partial charge >= 0.3 is 0 Å². The molecule has 1 saturated heterocycles. The molecule has 0 saturated carbocycles. The lowest BCUT2D eigenvalue weighted by Crippen LogP contribution is -2.40. The van der Waals surface area contributed by atoms with Crippen molar-refractivity contribution in [2.45, 2.75) is 25.4 Å².